The van der Waals surface area contributed by atoms with E-state index >= 15 is 0 Å². The average molecular weight is 443 g/mol. The Balaban J connectivity index is 1.15. The lowest BCUT2D eigenvalue weighted by Crippen LogP contribution is -2.57. The molecule has 1 aromatic carbocycles. The van der Waals surface area contributed by atoms with Gasteiger partial charge in [0, 0.05) is 64.1 Å². The predicted octanol–water partition coefficient (Wildman–Crippen LogP) is 0.647. The number of piperazine rings is 2. The molecular weight excluding hydrogens is 408 g/mol. The lowest BCUT2D eigenvalue weighted by atomic mass is 10.2. The van der Waals surface area contributed by atoms with Crippen LogP contribution in [0.5, 0.6) is 0 Å². The number of nitrogens with one attached hydrogen (secondary N) is 2. The Kier molecular flexibility index (Phi) is 7.26. The molecule has 3 aliphatic rings. The summed E-state index contributed by atoms with van der Waals surface area (Å²) in [5.41, 5.74) is 0.773. The summed E-state index contributed by atoms with van der Waals surface area (Å²) < 4.78 is 0. The molecule has 0 spiro atoms. The molecule has 1 atom stereocenters. The van der Waals surface area contributed by atoms with E-state index in [1.807, 2.05) is 42.2 Å². The summed E-state index contributed by atoms with van der Waals surface area (Å²) in [6.07, 6.45) is 2.20. The number of urea groups is 1. The second kappa shape index (κ2) is 10.3. The van der Waals surface area contributed by atoms with Gasteiger partial charge in [-0.1, -0.05) is 18.2 Å². The van der Waals surface area contributed by atoms with Crippen LogP contribution < -0.4 is 10.6 Å². The van der Waals surface area contributed by atoms with Crippen molar-refractivity contribution in [2.75, 3.05) is 64.2 Å². The van der Waals surface area contributed by atoms with Gasteiger partial charge in [-0.2, -0.15) is 0 Å². The second-order valence-electron chi connectivity index (χ2n) is 8.93. The number of nitrogens with zero attached hydrogens (tertiary/aromatic N) is 4. The molecule has 9 nitrogen and oxygen atoms in total. The first-order chi connectivity index (χ1) is 15.5. The minimum absolute atomic E-state index is 0.112. The Morgan fingerprint density at radius 3 is 2.16 bits per heavy atom. The van der Waals surface area contributed by atoms with Gasteiger partial charge in [-0.3, -0.25) is 19.4 Å². The van der Waals surface area contributed by atoms with Gasteiger partial charge in [0.2, 0.25) is 11.8 Å². The van der Waals surface area contributed by atoms with Gasteiger partial charge in [0.05, 0.1) is 12.6 Å². The van der Waals surface area contributed by atoms with Crippen molar-refractivity contribution >= 4 is 23.5 Å². The number of hydrogen-bond donors (Lipinski definition) is 2. The molecule has 0 aromatic heterocycles. The van der Waals surface area contributed by atoms with Gasteiger partial charge in [-0.05, 0) is 31.9 Å². The zero-order valence-electron chi connectivity index (χ0n) is 18.8. The summed E-state index contributed by atoms with van der Waals surface area (Å²) in [7, 11) is 0. The summed E-state index contributed by atoms with van der Waals surface area (Å²) in [4.78, 5) is 45.4. The van der Waals surface area contributed by atoms with Crippen molar-refractivity contribution in [3.05, 3.63) is 30.3 Å². The molecule has 9 heteroatoms. The Bertz CT molecular complexity index is 799. The molecule has 0 bridgehead atoms. The van der Waals surface area contributed by atoms with E-state index in [1.165, 1.54) is 0 Å². The van der Waals surface area contributed by atoms with Gasteiger partial charge in [0.25, 0.3) is 0 Å². The fourth-order valence-electron chi connectivity index (χ4n) is 4.20. The molecule has 0 radical (unpaired) electrons. The van der Waals surface area contributed by atoms with Crippen LogP contribution in [0.25, 0.3) is 0 Å². The predicted molar refractivity (Wildman–Crippen MR) is 122 cm³/mol. The van der Waals surface area contributed by atoms with E-state index in [0.717, 1.165) is 44.7 Å². The number of carbonyl (C=O) groups excluding carboxylic acids is 3. The molecule has 1 aromatic rings. The van der Waals surface area contributed by atoms with E-state index in [-0.39, 0.29) is 23.9 Å². The van der Waals surface area contributed by atoms with Crippen LogP contribution >= 0.6 is 0 Å². The third-order valence-corrected chi connectivity index (χ3v) is 6.56. The number of carbonyl (C=O) groups is 3. The highest BCUT2D eigenvalue weighted by atomic mass is 16.2. The van der Waals surface area contributed by atoms with Gasteiger partial charge in [0.1, 0.15) is 0 Å². The molecule has 3 fully saturated rings. The molecular formula is C23H34N6O3. The summed E-state index contributed by atoms with van der Waals surface area (Å²) in [6, 6.07) is 9.53. The van der Waals surface area contributed by atoms with Gasteiger partial charge in [-0.15, -0.1) is 0 Å². The third-order valence-electron chi connectivity index (χ3n) is 6.56. The Hall–Kier alpha value is -2.65. The zero-order chi connectivity index (χ0) is 22.5. The van der Waals surface area contributed by atoms with Gasteiger partial charge in [-0.25, -0.2) is 4.79 Å². The summed E-state index contributed by atoms with van der Waals surface area (Å²) >= 11 is 0. The standard InChI is InChI=1S/C23H34N6O3/c1-18(22(31)24-20-7-8-20)27-11-9-26(10-12-27)17-21(30)28-13-15-29(16-14-28)23(32)25-19-5-3-2-4-6-19/h2-6,18,20H,7-17H2,1H3,(H,24,31)(H,25,32). The van der Waals surface area contributed by atoms with E-state index in [1.54, 1.807) is 4.90 Å². The number of rotatable bonds is 6. The fourth-order valence-corrected chi connectivity index (χ4v) is 4.20. The maximum atomic E-state index is 12.8. The maximum absolute atomic E-state index is 12.8. The zero-order valence-corrected chi connectivity index (χ0v) is 18.8. The largest absolute Gasteiger partial charge is 0.352 e. The molecule has 4 rings (SSSR count). The molecule has 4 amide bonds. The van der Waals surface area contributed by atoms with Gasteiger partial charge >= 0.3 is 6.03 Å². The summed E-state index contributed by atoms with van der Waals surface area (Å²) in [5.74, 6) is 0.229. The lowest BCUT2D eigenvalue weighted by molar-refractivity contribution is -0.135. The Labute approximate surface area is 189 Å². The van der Waals surface area contributed by atoms with Crippen LogP contribution in [0.1, 0.15) is 19.8 Å². The third kappa shape index (κ3) is 5.98. The molecule has 174 valence electrons. The molecule has 32 heavy (non-hydrogen) atoms. The molecule has 2 saturated heterocycles. The van der Waals surface area contributed by atoms with E-state index in [4.69, 9.17) is 0 Å². The Morgan fingerprint density at radius 1 is 0.906 bits per heavy atom. The first-order valence-corrected chi connectivity index (χ1v) is 11.6. The average Bonchev–Trinajstić information content (AvgIpc) is 3.64. The van der Waals surface area contributed by atoms with Crippen molar-refractivity contribution in [3.8, 4) is 0 Å². The Morgan fingerprint density at radius 2 is 1.53 bits per heavy atom. The normalized spacial score (nSPS) is 21.2. The molecule has 1 aliphatic carbocycles. The second-order valence-corrected chi connectivity index (χ2v) is 8.93. The lowest BCUT2D eigenvalue weighted by Gasteiger charge is -2.39. The SMILES string of the molecule is CC(C(=O)NC1CC1)N1CCN(CC(=O)N2CCN(C(=O)Nc3ccccc3)CC2)CC1. The number of hydrogen-bond acceptors (Lipinski definition) is 5. The number of anilines is 1. The van der Waals surface area contributed by atoms with E-state index < -0.39 is 0 Å². The van der Waals surface area contributed by atoms with Crippen LogP contribution in [0.3, 0.4) is 0 Å². The van der Waals surface area contributed by atoms with Crippen LogP contribution in [0.2, 0.25) is 0 Å². The van der Waals surface area contributed by atoms with Gasteiger partial charge in [0.15, 0.2) is 0 Å². The molecule has 1 unspecified atom stereocenters. The van der Waals surface area contributed by atoms with Gasteiger partial charge < -0.3 is 20.4 Å². The highest BCUT2D eigenvalue weighted by Gasteiger charge is 2.31. The monoisotopic (exact) mass is 442 g/mol. The first-order valence-electron chi connectivity index (χ1n) is 11.6. The van der Waals surface area contributed by atoms with Crippen molar-refractivity contribution in [1.29, 1.82) is 0 Å². The van der Waals surface area contributed by atoms with Crippen molar-refractivity contribution < 1.29 is 14.4 Å². The highest BCUT2D eigenvalue weighted by molar-refractivity contribution is 5.89. The minimum atomic E-state index is -0.126. The summed E-state index contributed by atoms with van der Waals surface area (Å²) in [6.45, 7) is 7.69. The van der Waals surface area contributed by atoms with E-state index in [9.17, 15) is 14.4 Å². The molecule has 2 aliphatic heterocycles. The van der Waals surface area contributed by atoms with E-state index in [0.29, 0.717) is 38.8 Å². The smallest absolute Gasteiger partial charge is 0.321 e. The van der Waals surface area contributed by atoms with Crippen LogP contribution in [-0.2, 0) is 9.59 Å². The van der Waals surface area contributed by atoms with Crippen molar-refractivity contribution in [1.82, 2.24) is 24.9 Å². The van der Waals surface area contributed by atoms with Crippen LogP contribution in [0.15, 0.2) is 30.3 Å². The molecule has 1 saturated carbocycles. The molecule has 2 heterocycles. The number of amides is 4. The van der Waals surface area contributed by atoms with Crippen molar-refractivity contribution in [3.63, 3.8) is 0 Å². The molecule has 2 N–H and O–H groups in total. The van der Waals surface area contributed by atoms with Crippen LogP contribution in [-0.4, -0.2) is 108 Å². The topological polar surface area (TPSA) is 88.2 Å². The minimum Gasteiger partial charge on any atom is -0.352 e. The summed E-state index contributed by atoms with van der Waals surface area (Å²) in [5, 5.41) is 5.97. The van der Waals surface area contributed by atoms with Crippen LogP contribution in [0, 0.1) is 0 Å². The highest BCUT2D eigenvalue weighted by Crippen LogP contribution is 2.19. The van der Waals surface area contributed by atoms with Crippen molar-refractivity contribution in [2.24, 2.45) is 0 Å². The fraction of sp³-hybridized carbons (Fsp3) is 0.609. The first kappa shape index (κ1) is 22.5. The van der Waals surface area contributed by atoms with Crippen LogP contribution in [0.4, 0.5) is 10.5 Å². The number of para-hydroxylation sites is 1. The number of benzene rings is 1. The van der Waals surface area contributed by atoms with Crippen molar-refractivity contribution in [2.45, 2.75) is 31.8 Å². The quantitative estimate of drug-likeness (QED) is 0.675. The van der Waals surface area contributed by atoms with E-state index in [2.05, 4.69) is 20.4 Å². The maximum Gasteiger partial charge on any atom is 0.321 e.